The maximum Gasteiger partial charge on any atom is 0.332 e. The van der Waals surface area contributed by atoms with Gasteiger partial charge in [-0.1, -0.05) is 26.0 Å². The number of rotatable bonds is 9. The Morgan fingerprint density at radius 1 is 1.05 bits per heavy atom. The molecular formula is C28H31FN6O4. The van der Waals surface area contributed by atoms with Crippen molar-refractivity contribution < 1.29 is 13.9 Å². The summed E-state index contributed by atoms with van der Waals surface area (Å²) < 4.78 is 24.3. The highest BCUT2D eigenvalue weighted by molar-refractivity contribution is 5.78. The number of aromatic nitrogens is 5. The quantitative estimate of drug-likeness (QED) is 0.353. The molecule has 0 spiro atoms. The van der Waals surface area contributed by atoms with Crippen LogP contribution in [0.25, 0.3) is 22.6 Å². The average Bonchev–Trinajstić information content (AvgIpc) is 3.51. The minimum Gasteiger partial charge on any atom is -0.469 e. The molecular weight excluding hydrogens is 503 g/mol. The molecule has 1 aliphatic rings. The number of pyridine rings is 1. The van der Waals surface area contributed by atoms with E-state index in [1.54, 1.807) is 46.6 Å². The Morgan fingerprint density at radius 2 is 1.77 bits per heavy atom. The molecule has 2 unspecified atom stereocenters. The Hall–Kier alpha value is -4.28. The van der Waals surface area contributed by atoms with E-state index in [1.165, 1.54) is 16.7 Å². The van der Waals surface area contributed by atoms with Crippen LogP contribution < -0.4 is 21.3 Å². The molecule has 10 nitrogen and oxygen atoms in total. The Kier molecular flexibility index (Phi) is 7.32. The molecule has 1 amide bonds. The van der Waals surface area contributed by atoms with Crippen molar-refractivity contribution >= 4 is 17.1 Å². The number of ether oxygens (including phenoxy) is 1. The first kappa shape index (κ1) is 26.3. The zero-order valence-electron chi connectivity index (χ0n) is 22.2. The normalized spacial score (nSPS) is 16.0. The highest BCUT2D eigenvalue weighted by atomic mass is 19.1. The Labute approximate surface area is 224 Å². The smallest absolute Gasteiger partial charge is 0.332 e. The molecule has 0 saturated carbocycles. The molecule has 3 aromatic heterocycles. The molecule has 4 heterocycles. The number of aryl methyl sites for hydroxylation is 2. The van der Waals surface area contributed by atoms with Gasteiger partial charge in [-0.05, 0) is 36.6 Å². The van der Waals surface area contributed by atoms with Crippen molar-refractivity contribution in [2.24, 2.45) is 13.0 Å². The zero-order valence-corrected chi connectivity index (χ0v) is 22.2. The second kappa shape index (κ2) is 10.8. The van der Waals surface area contributed by atoms with E-state index in [4.69, 9.17) is 9.72 Å². The van der Waals surface area contributed by atoms with E-state index >= 15 is 0 Å². The van der Waals surface area contributed by atoms with E-state index in [9.17, 15) is 18.8 Å². The lowest BCUT2D eigenvalue weighted by atomic mass is 9.94. The first-order valence-electron chi connectivity index (χ1n) is 13.2. The average molecular weight is 535 g/mol. The van der Waals surface area contributed by atoms with Crippen molar-refractivity contribution in [3.8, 4) is 17.3 Å². The van der Waals surface area contributed by atoms with Crippen molar-refractivity contribution in [3.63, 3.8) is 0 Å². The van der Waals surface area contributed by atoms with Crippen LogP contribution in [-0.4, -0.2) is 36.1 Å². The summed E-state index contributed by atoms with van der Waals surface area (Å²) in [7, 11) is 1.75. The topological polar surface area (TPSA) is 113 Å². The van der Waals surface area contributed by atoms with Crippen LogP contribution in [0.2, 0.25) is 0 Å². The van der Waals surface area contributed by atoms with Crippen LogP contribution in [0.5, 0.6) is 5.88 Å². The van der Waals surface area contributed by atoms with Gasteiger partial charge in [-0.2, -0.15) is 0 Å². The molecule has 1 aromatic carbocycles. The van der Waals surface area contributed by atoms with Gasteiger partial charge in [-0.25, -0.2) is 19.2 Å². The third-order valence-corrected chi connectivity index (χ3v) is 7.01. The van der Waals surface area contributed by atoms with Crippen LogP contribution in [0.4, 0.5) is 4.39 Å². The SMILES string of the molecule is CCCn1c(=O)c2c(nc(-c3ccc(OC(c4ccc(F)cc4)C4CNC(=O)C4)nc3)n2C)n(CCC)c1=O. The predicted octanol–water partition coefficient (Wildman–Crippen LogP) is 3.17. The Bertz CT molecular complexity index is 1620. The number of imidazole rings is 1. The second-order valence-electron chi connectivity index (χ2n) is 9.80. The molecule has 4 aromatic rings. The molecule has 11 heteroatoms. The molecule has 39 heavy (non-hydrogen) atoms. The number of nitrogens with zero attached hydrogens (tertiary/aromatic N) is 5. The molecule has 5 rings (SSSR count). The monoisotopic (exact) mass is 534 g/mol. The molecule has 0 aliphatic carbocycles. The van der Waals surface area contributed by atoms with Gasteiger partial charge in [0, 0.05) is 56.8 Å². The van der Waals surface area contributed by atoms with E-state index < -0.39 is 6.10 Å². The Balaban J connectivity index is 1.50. The number of carbonyl (C=O) groups is 1. The molecule has 0 bridgehead atoms. The highest BCUT2D eigenvalue weighted by Gasteiger charge is 2.32. The van der Waals surface area contributed by atoms with Gasteiger partial charge >= 0.3 is 5.69 Å². The van der Waals surface area contributed by atoms with Crippen molar-refractivity contribution in [2.75, 3.05) is 6.54 Å². The second-order valence-corrected chi connectivity index (χ2v) is 9.80. The van der Waals surface area contributed by atoms with Gasteiger partial charge in [0.1, 0.15) is 17.7 Å². The van der Waals surface area contributed by atoms with E-state index in [1.807, 2.05) is 13.8 Å². The first-order chi connectivity index (χ1) is 18.8. The van der Waals surface area contributed by atoms with E-state index in [0.717, 1.165) is 12.0 Å². The number of fused-ring (bicyclic) bond motifs is 1. The Morgan fingerprint density at radius 3 is 2.38 bits per heavy atom. The van der Waals surface area contributed by atoms with E-state index in [2.05, 4.69) is 10.3 Å². The minimum atomic E-state index is -0.501. The van der Waals surface area contributed by atoms with Crippen LogP contribution in [0, 0.1) is 11.7 Å². The summed E-state index contributed by atoms with van der Waals surface area (Å²) in [4.78, 5) is 47.3. The van der Waals surface area contributed by atoms with Crippen LogP contribution >= 0.6 is 0 Å². The highest BCUT2D eigenvalue weighted by Crippen LogP contribution is 2.32. The first-order valence-corrected chi connectivity index (χ1v) is 13.2. The van der Waals surface area contributed by atoms with Crippen molar-refractivity contribution in [2.45, 2.75) is 52.3 Å². The maximum atomic E-state index is 13.5. The maximum absolute atomic E-state index is 13.5. The number of halogens is 1. The molecule has 0 radical (unpaired) electrons. The number of nitrogens with one attached hydrogen (secondary N) is 1. The summed E-state index contributed by atoms with van der Waals surface area (Å²) in [6.45, 7) is 5.13. The van der Waals surface area contributed by atoms with E-state index in [-0.39, 0.29) is 28.9 Å². The molecule has 1 fully saturated rings. The van der Waals surface area contributed by atoms with Crippen molar-refractivity contribution in [1.82, 2.24) is 29.0 Å². The summed E-state index contributed by atoms with van der Waals surface area (Å²) in [5.74, 6) is 0.291. The standard InChI is InChI=1S/C28H31FN6O4/c1-4-12-34-26-23(27(37)35(13-5-2)28(34)38)33(3)25(32-26)18-8-11-22(31-15-18)39-24(19-14-21(36)30-16-19)17-6-9-20(29)10-7-17/h6-11,15,19,24H,4-5,12-14,16H2,1-3H3,(H,30,36). The predicted molar refractivity (Wildman–Crippen MR) is 144 cm³/mol. The van der Waals surface area contributed by atoms with Crippen LogP contribution in [0.3, 0.4) is 0 Å². The van der Waals surface area contributed by atoms with E-state index in [0.29, 0.717) is 60.9 Å². The minimum absolute atomic E-state index is 0.0552. The lowest BCUT2D eigenvalue weighted by Gasteiger charge is -2.23. The van der Waals surface area contributed by atoms with Gasteiger partial charge in [0.25, 0.3) is 5.56 Å². The fourth-order valence-electron chi connectivity index (χ4n) is 5.11. The number of hydrogen-bond acceptors (Lipinski definition) is 6. The summed E-state index contributed by atoms with van der Waals surface area (Å²) in [6.07, 6.45) is 2.78. The van der Waals surface area contributed by atoms with Crippen LogP contribution in [-0.2, 0) is 24.9 Å². The zero-order chi connectivity index (χ0) is 27.7. The third kappa shape index (κ3) is 4.96. The summed E-state index contributed by atoms with van der Waals surface area (Å²) >= 11 is 0. The molecule has 1 N–H and O–H groups in total. The number of hydrogen-bond donors (Lipinski definition) is 1. The summed E-state index contributed by atoms with van der Waals surface area (Å²) in [6, 6.07) is 9.52. The van der Waals surface area contributed by atoms with Crippen LogP contribution in [0.15, 0.2) is 52.2 Å². The fourth-order valence-corrected chi connectivity index (χ4v) is 5.11. The fraction of sp³-hybridized carbons (Fsp3) is 0.393. The summed E-state index contributed by atoms with van der Waals surface area (Å²) in [5.41, 5.74) is 1.40. The molecule has 1 saturated heterocycles. The number of benzene rings is 1. The lowest BCUT2D eigenvalue weighted by molar-refractivity contribution is -0.119. The van der Waals surface area contributed by atoms with Crippen molar-refractivity contribution in [1.29, 1.82) is 0 Å². The molecule has 1 aliphatic heterocycles. The summed E-state index contributed by atoms with van der Waals surface area (Å²) in [5, 5.41) is 2.82. The van der Waals surface area contributed by atoms with Gasteiger partial charge < -0.3 is 14.6 Å². The number of amides is 1. The van der Waals surface area contributed by atoms with Crippen molar-refractivity contribution in [3.05, 3.63) is 74.8 Å². The lowest BCUT2D eigenvalue weighted by Crippen LogP contribution is -2.40. The van der Waals surface area contributed by atoms with Gasteiger partial charge in [0.15, 0.2) is 11.2 Å². The van der Waals surface area contributed by atoms with Gasteiger partial charge in [-0.3, -0.25) is 18.7 Å². The largest absolute Gasteiger partial charge is 0.469 e. The van der Waals surface area contributed by atoms with Gasteiger partial charge in [0.2, 0.25) is 11.8 Å². The molecule has 2 atom stereocenters. The van der Waals surface area contributed by atoms with Crippen LogP contribution in [0.1, 0.15) is 44.8 Å². The van der Waals surface area contributed by atoms with Gasteiger partial charge in [0.05, 0.1) is 0 Å². The third-order valence-electron chi connectivity index (χ3n) is 7.01. The number of carbonyl (C=O) groups excluding carboxylic acids is 1. The van der Waals surface area contributed by atoms with Gasteiger partial charge in [-0.15, -0.1) is 0 Å². The molecule has 204 valence electrons.